The number of aryl methyl sites for hydroxylation is 1. The van der Waals surface area contributed by atoms with Crippen LogP contribution in [0, 0.1) is 17.8 Å². The Kier molecular flexibility index (Phi) is 11.1. The molecule has 2 heterocycles. The van der Waals surface area contributed by atoms with Crippen molar-refractivity contribution in [2.45, 2.75) is 76.3 Å². The lowest BCUT2D eigenvalue weighted by atomic mass is 9.63. The van der Waals surface area contributed by atoms with Crippen LogP contribution >= 0.6 is 11.6 Å². The molecule has 3 aromatic carbocycles. The second-order valence-electron chi connectivity index (χ2n) is 14.5. The van der Waals surface area contributed by atoms with E-state index in [4.69, 9.17) is 16.3 Å². The van der Waals surface area contributed by atoms with Gasteiger partial charge in [0.05, 0.1) is 23.0 Å². The van der Waals surface area contributed by atoms with E-state index in [1.54, 1.807) is 49.2 Å². The average Bonchev–Trinajstić information content (AvgIpc) is 3.12. The number of sulfonamides is 1. The van der Waals surface area contributed by atoms with Gasteiger partial charge in [-0.3, -0.25) is 9.59 Å². The molecule has 5 atom stereocenters. The number of allylic oxidation sites excluding steroid dienone is 1. The number of nitrogens with one attached hydrogen (secondary N) is 1. The minimum absolute atomic E-state index is 0.0468. The van der Waals surface area contributed by atoms with Crippen molar-refractivity contribution in [3.8, 4) is 5.75 Å². The first-order chi connectivity index (χ1) is 24.3. The summed E-state index contributed by atoms with van der Waals surface area (Å²) in [5.41, 5.74) is 2.36. The smallest absolute Gasteiger partial charge is 0.264 e. The average molecular weight is 734 g/mol. The van der Waals surface area contributed by atoms with E-state index in [2.05, 4.69) is 9.62 Å². The Morgan fingerprint density at radius 3 is 2.59 bits per heavy atom. The van der Waals surface area contributed by atoms with Gasteiger partial charge in [-0.05, 0) is 117 Å². The van der Waals surface area contributed by atoms with E-state index in [0.29, 0.717) is 42.6 Å². The highest BCUT2D eigenvalue weighted by molar-refractivity contribution is 7.90. The zero-order valence-corrected chi connectivity index (χ0v) is 31.1. The summed E-state index contributed by atoms with van der Waals surface area (Å²) in [7, 11) is -2.33. The summed E-state index contributed by atoms with van der Waals surface area (Å²) >= 11 is 6.36. The molecule has 0 radical (unpaired) electrons. The summed E-state index contributed by atoms with van der Waals surface area (Å²) in [5.74, 6) is -0.870. The zero-order valence-electron chi connectivity index (χ0n) is 29.6. The van der Waals surface area contributed by atoms with Gasteiger partial charge in [-0.2, -0.15) is 0 Å². The number of carbonyl (C=O) groups excluding carboxylic acids is 2. The first kappa shape index (κ1) is 36.9. The Hall–Kier alpha value is -3.86. The molecule has 0 aromatic heterocycles. The third kappa shape index (κ3) is 8.29. The van der Waals surface area contributed by atoms with E-state index < -0.39 is 26.8 Å². The molecule has 2 bridgehead atoms. The van der Waals surface area contributed by atoms with E-state index in [1.165, 1.54) is 0 Å². The Labute approximate surface area is 306 Å². The van der Waals surface area contributed by atoms with Crippen molar-refractivity contribution in [3.05, 3.63) is 101 Å². The summed E-state index contributed by atoms with van der Waals surface area (Å²) in [4.78, 5) is 31.1. The number of ether oxygens (including phenoxy) is 1. The maximum atomic E-state index is 13.8. The van der Waals surface area contributed by atoms with Crippen molar-refractivity contribution in [1.29, 1.82) is 0 Å². The lowest BCUT2D eigenvalue weighted by molar-refractivity contribution is -0.126. The first-order valence-electron chi connectivity index (χ1n) is 17.9. The largest absolute Gasteiger partial charge is 0.487 e. The molecular weight excluding hydrogens is 686 g/mol. The van der Waals surface area contributed by atoms with Crippen LogP contribution < -0.4 is 19.3 Å². The molecule has 0 spiro atoms. The number of anilines is 2. The summed E-state index contributed by atoms with van der Waals surface area (Å²) in [6, 6.07) is 20.3. The Balaban J connectivity index is 1.38. The number of nitrogens with zero attached hydrogens (tertiary/aromatic N) is 2. The Morgan fingerprint density at radius 2 is 1.84 bits per heavy atom. The predicted molar refractivity (Wildman–Crippen MR) is 202 cm³/mol. The maximum absolute atomic E-state index is 13.8. The summed E-state index contributed by atoms with van der Waals surface area (Å²) in [5, 5.41) is 12.2. The number of rotatable bonds is 3. The molecule has 1 fully saturated rings. The minimum Gasteiger partial charge on any atom is -0.487 e. The van der Waals surface area contributed by atoms with E-state index in [0.717, 1.165) is 48.9 Å². The summed E-state index contributed by atoms with van der Waals surface area (Å²) in [6.07, 6.45) is 7.94. The number of amides is 2. The molecule has 9 nitrogen and oxygen atoms in total. The van der Waals surface area contributed by atoms with Gasteiger partial charge in [0.1, 0.15) is 12.4 Å². The monoisotopic (exact) mass is 733 g/mol. The van der Waals surface area contributed by atoms with Crippen molar-refractivity contribution in [2.24, 2.45) is 17.8 Å². The van der Waals surface area contributed by atoms with Gasteiger partial charge >= 0.3 is 0 Å². The van der Waals surface area contributed by atoms with Crippen molar-refractivity contribution in [2.75, 3.05) is 29.9 Å². The van der Waals surface area contributed by atoms with E-state index >= 15 is 0 Å². The topological polar surface area (TPSA) is 116 Å². The van der Waals surface area contributed by atoms with Crippen LogP contribution in [0.5, 0.6) is 5.75 Å². The van der Waals surface area contributed by atoms with E-state index in [9.17, 15) is 23.1 Å². The summed E-state index contributed by atoms with van der Waals surface area (Å²) < 4.78 is 35.7. The second kappa shape index (κ2) is 15.4. The quantitative estimate of drug-likeness (QED) is 0.281. The highest BCUT2D eigenvalue weighted by Gasteiger charge is 2.47. The van der Waals surface area contributed by atoms with Crippen LogP contribution in [0.2, 0.25) is 5.02 Å². The number of hydrogen-bond acceptors (Lipinski definition) is 7. The van der Waals surface area contributed by atoms with Crippen LogP contribution in [-0.4, -0.2) is 56.3 Å². The third-order valence-corrected chi connectivity index (χ3v) is 13.3. The third-order valence-electron chi connectivity index (χ3n) is 11.1. The lowest BCUT2D eigenvalue weighted by Crippen LogP contribution is -2.52. The number of carbonyl (C=O) groups is 2. The molecule has 51 heavy (non-hydrogen) atoms. The molecule has 2 amide bonds. The van der Waals surface area contributed by atoms with Crippen molar-refractivity contribution in [3.63, 3.8) is 0 Å². The van der Waals surface area contributed by atoms with Gasteiger partial charge in [-0.25, -0.2) is 13.1 Å². The number of fused-ring (bicyclic) bond motifs is 3. The normalized spacial score (nSPS) is 27.2. The van der Waals surface area contributed by atoms with Gasteiger partial charge in [0.25, 0.3) is 5.91 Å². The Bertz CT molecular complexity index is 1890. The fourth-order valence-corrected chi connectivity index (χ4v) is 9.02. The van der Waals surface area contributed by atoms with Crippen LogP contribution in [-0.2, 0) is 27.8 Å². The molecule has 2 N–H and O–H groups in total. The molecule has 1 aliphatic carbocycles. The predicted octanol–water partition coefficient (Wildman–Crippen LogP) is 6.92. The minimum atomic E-state index is -4.05. The molecule has 3 aromatic rings. The molecular formula is C40H48ClN3O6S. The number of para-hydroxylation sites is 1. The maximum Gasteiger partial charge on any atom is 0.264 e. The van der Waals surface area contributed by atoms with Crippen molar-refractivity contribution in [1.82, 2.24) is 4.72 Å². The highest BCUT2D eigenvalue weighted by atomic mass is 35.5. The van der Waals surface area contributed by atoms with Crippen LogP contribution in [0.15, 0.2) is 78.9 Å². The van der Waals surface area contributed by atoms with Gasteiger partial charge in [-0.1, -0.05) is 54.9 Å². The van der Waals surface area contributed by atoms with E-state index in [1.807, 2.05) is 55.5 Å². The van der Waals surface area contributed by atoms with Gasteiger partial charge in [0.15, 0.2) is 0 Å². The molecule has 3 aliphatic rings. The molecule has 2 aliphatic heterocycles. The number of halogens is 1. The second-order valence-corrected chi connectivity index (χ2v) is 17.0. The fraction of sp³-hybridized carbons (Fsp3) is 0.450. The zero-order chi connectivity index (χ0) is 36.3. The van der Waals surface area contributed by atoms with Crippen LogP contribution in [0.3, 0.4) is 0 Å². The summed E-state index contributed by atoms with van der Waals surface area (Å²) in [6.45, 7) is 4.91. The molecule has 11 heteroatoms. The molecule has 0 saturated heterocycles. The standard InChI is InChI=1S/C40H48ClN3O6S/c1-27-10-9-20-40(47,24-38(45)43(3)34-12-5-4-6-13-34)35-18-15-31(35)25-44-21-8-7-11-29-22-33(41)17-14-32(29)26-50-37-19-16-30(23-36(37)44)39(46)42-51(48,49)28(27)2/h4-6,9,12-14,16-17,19-20,22-23,27-28,31,35,47H,7-8,10-11,15,18,21,24-26H2,1-3H3,(H,42,46)/b20-9+/t27-,28+,31-,35+,40+/m0/s1. The van der Waals surface area contributed by atoms with Gasteiger partial charge in [-0.15, -0.1) is 0 Å². The highest BCUT2D eigenvalue weighted by Crippen LogP contribution is 2.46. The van der Waals surface area contributed by atoms with Crippen LogP contribution in [0.25, 0.3) is 0 Å². The molecule has 1 saturated carbocycles. The van der Waals surface area contributed by atoms with Crippen molar-refractivity contribution < 1.29 is 27.9 Å². The fourth-order valence-electron chi connectivity index (χ4n) is 7.54. The Morgan fingerprint density at radius 1 is 1.06 bits per heavy atom. The van der Waals surface area contributed by atoms with Gasteiger partial charge < -0.3 is 19.6 Å². The first-order valence-corrected chi connectivity index (χ1v) is 19.8. The van der Waals surface area contributed by atoms with Gasteiger partial charge in [0.2, 0.25) is 15.9 Å². The SMILES string of the molecule is C[C@@H]1[C@@H](C)C/C=C/[C@@](O)(CC(=O)N(C)c2ccccc2)[C@@H]2CC[C@H]2CN2CCCCc3cc(Cl)ccc3COc3ccc(cc32)C(=O)NS1(=O)=O. The van der Waals surface area contributed by atoms with Crippen molar-refractivity contribution >= 4 is 44.8 Å². The molecule has 272 valence electrons. The van der Waals surface area contributed by atoms with Crippen LogP contribution in [0.1, 0.15) is 73.9 Å². The number of benzene rings is 3. The van der Waals surface area contributed by atoms with Gasteiger partial charge in [0, 0.05) is 36.4 Å². The lowest BCUT2D eigenvalue weighted by Gasteiger charge is -2.48. The number of hydrogen-bond donors (Lipinski definition) is 2. The van der Waals surface area contributed by atoms with Crippen LogP contribution in [0.4, 0.5) is 11.4 Å². The molecule has 6 rings (SSSR count). The molecule has 0 unspecified atom stereocenters. The number of aliphatic hydroxyl groups is 1. The van der Waals surface area contributed by atoms with E-state index in [-0.39, 0.29) is 35.6 Å².